The molecule has 1 N–H and O–H groups in total. The van der Waals surface area contributed by atoms with E-state index >= 15 is 0 Å². The molecule has 1 amide bonds. The Morgan fingerprint density at radius 2 is 1.70 bits per heavy atom. The quantitative estimate of drug-likeness (QED) is 0.566. The van der Waals surface area contributed by atoms with Crippen LogP contribution in [0.5, 0.6) is 5.75 Å². The molecule has 33 heavy (non-hydrogen) atoms. The number of anilines is 1. The van der Waals surface area contributed by atoms with Gasteiger partial charge in [-0.15, -0.1) is 4.40 Å². The predicted octanol–water partition coefficient (Wildman–Crippen LogP) is 4.26. The summed E-state index contributed by atoms with van der Waals surface area (Å²) >= 11 is 0. The number of ether oxygens (including phenoxy) is 1. The summed E-state index contributed by atoms with van der Waals surface area (Å²) in [5.74, 6) is 0.681. The van der Waals surface area contributed by atoms with E-state index < -0.39 is 22.0 Å². The summed E-state index contributed by atoms with van der Waals surface area (Å²) in [5.41, 5.74) is 1.02. The molecule has 0 aliphatic carbocycles. The maximum Gasteiger partial charge on any atom is 0.284 e. The van der Waals surface area contributed by atoms with Gasteiger partial charge >= 0.3 is 0 Å². The van der Waals surface area contributed by atoms with Crippen molar-refractivity contribution < 1.29 is 17.9 Å². The van der Waals surface area contributed by atoms with Crippen LogP contribution >= 0.6 is 0 Å². The van der Waals surface area contributed by atoms with Crippen LogP contribution in [0.15, 0.2) is 94.2 Å². The standard InChI is InChI=1S/C25H25N3O4S/c1-28-17-9-16-23(28)27-33(30,31)22-15-8-12-20(18-22)26-25(29)24(19-10-4-2-5-11-19)32-21-13-6-3-7-14-21/h2-8,10-15,18,24H,9,16-17H2,1H3,(H,26,29). The first-order chi connectivity index (χ1) is 15.9. The Morgan fingerprint density at radius 1 is 1.00 bits per heavy atom. The van der Waals surface area contributed by atoms with Crippen molar-refractivity contribution in [1.29, 1.82) is 0 Å². The lowest BCUT2D eigenvalue weighted by atomic mass is 10.1. The molecule has 3 aromatic carbocycles. The van der Waals surface area contributed by atoms with E-state index in [2.05, 4.69) is 9.71 Å². The van der Waals surface area contributed by atoms with Gasteiger partial charge in [-0.25, -0.2) is 0 Å². The number of nitrogens with one attached hydrogen (secondary N) is 1. The summed E-state index contributed by atoms with van der Waals surface area (Å²) in [6.07, 6.45) is 0.589. The first-order valence-electron chi connectivity index (χ1n) is 10.6. The van der Waals surface area contributed by atoms with E-state index in [0.717, 1.165) is 13.0 Å². The van der Waals surface area contributed by atoms with Gasteiger partial charge in [0.1, 0.15) is 11.6 Å². The Morgan fingerprint density at radius 3 is 2.36 bits per heavy atom. The zero-order valence-electron chi connectivity index (χ0n) is 18.2. The zero-order valence-corrected chi connectivity index (χ0v) is 19.0. The van der Waals surface area contributed by atoms with Gasteiger partial charge < -0.3 is 15.0 Å². The number of sulfonamides is 1. The third-order valence-electron chi connectivity index (χ3n) is 5.30. The number of rotatable bonds is 7. The molecule has 1 aliphatic rings. The maximum atomic E-state index is 13.2. The van der Waals surface area contributed by atoms with Gasteiger partial charge in [0.25, 0.3) is 15.9 Å². The highest BCUT2D eigenvalue weighted by atomic mass is 32.2. The summed E-state index contributed by atoms with van der Waals surface area (Å²) in [5, 5.41) is 2.79. The number of carbonyl (C=O) groups is 1. The van der Waals surface area contributed by atoms with Crippen molar-refractivity contribution in [3.05, 3.63) is 90.5 Å². The van der Waals surface area contributed by atoms with Crippen LogP contribution in [0.4, 0.5) is 5.69 Å². The fraction of sp³-hybridized carbons (Fsp3) is 0.200. The van der Waals surface area contributed by atoms with E-state index in [9.17, 15) is 13.2 Å². The number of amides is 1. The Kier molecular flexibility index (Phi) is 6.74. The van der Waals surface area contributed by atoms with Crippen molar-refractivity contribution in [3.63, 3.8) is 0 Å². The summed E-state index contributed by atoms with van der Waals surface area (Å²) in [4.78, 5) is 15.0. The van der Waals surface area contributed by atoms with Crippen LogP contribution in [0.25, 0.3) is 0 Å². The highest BCUT2D eigenvalue weighted by Gasteiger charge is 2.24. The van der Waals surface area contributed by atoms with Gasteiger partial charge in [-0.05, 0) is 36.8 Å². The lowest BCUT2D eigenvalue weighted by Crippen LogP contribution is -2.25. The molecule has 4 rings (SSSR count). The van der Waals surface area contributed by atoms with Gasteiger partial charge in [0, 0.05) is 31.3 Å². The minimum absolute atomic E-state index is 0.0216. The molecule has 0 saturated carbocycles. The molecule has 7 nitrogen and oxygen atoms in total. The van der Waals surface area contributed by atoms with Crippen molar-refractivity contribution in [1.82, 2.24) is 4.90 Å². The average Bonchev–Trinajstić information content (AvgIpc) is 3.22. The highest BCUT2D eigenvalue weighted by molar-refractivity contribution is 7.90. The molecule has 3 aromatic rings. The molecule has 1 fully saturated rings. The number of para-hydroxylation sites is 1. The lowest BCUT2D eigenvalue weighted by molar-refractivity contribution is -0.123. The van der Waals surface area contributed by atoms with E-state index in [0.29, 0.717) is 29.3 Å². The first-order valence-corrected chi connectivity index (χ1v) is 12.1. The van der Waals surface area contributed by atoms with Crippen LogP contribution in [-0.2, 0) is 14.8 Å². The Hall–Kier alpha value is -3.65. The van der Waals surface area contributed by atoms with E-state index in [1.807, 2.05) is 60.5 Å². The van der Waals surface area contributed by atoms with Crippen molar-refractivity contribution in [3.8, 4) is 5.75 Å². The minimum Gasteiger partial charge on any atom is -0.476 e. The molecule has 0 radical (unpaired) electrons. The van der Waals surface area contributed by atoms with E-state index in [-0.39, 0.29) is 4.90 Å². The number of nitrogens with zero attached hydrogens (tertiary/aromatic N) is 2. The topological polar surface area (TPSA) is 88.1 Å². The molecule has 1 unspecified atom stereocenters. The number of likely N-dealkylation sites (tertiary alicyclic amines) is 1. The SMILES string of the molecule is CN1CCCC1=NS(=O)(=O)c1cccc(NC(=O)C(Oc2ccccc2)c2ccccc2)c1. The van der Waals surface area contributed by atoms with Gasteiger partial charge in [-0.2, -0.15) is 8.42 Å². The second-order valence-electron chi connectivity index (χ2n) is 7.75. The predicted molar refractivity (Wildman–Crippen MR) is 128 cm³/mol. The molecule has 0 aromatic heterocycles. The molecule has 0 bridgehead atoms. The number of amidine groups is 1. The third-order valence-corrected chi connectivity index (χ3v) is 6.60. The average molecular weight is 464 g/mol. The summed E-state index contributed by atoms with van der Waals surface area (Å²) < 4.78 is 35.6. The number of hydrogen-bond acceptors (Lipinski definition) is 4. The smallest absolute Gasteiger partial charge is 0.284 e. The van der Waals surface area contributed by atoms with Crippen LogP contribution in [0, 0.1) is 0 Å². The second-order valence-corrected chi connectivity index (χ2v) is 9.35. The van der Waals surface area contributed by atoms with Crippen LogP contribution in [-0.4, -0.2) is 38.7 Å². The molecule has 1 atom stereocenters. The van der Waals surface area contributed by atoms with Gasteiger partial charge in [0.2, 0.25) is 6.10 Å². The van der Waals surface area contributed by atoms with E-state index in [4.69, 9.17) is 4.74 Å². The van der Waals surface area contributed by atoms with Gasteiger partial charge in [0.05, 0.1) is 4.90 Å². The molecule has 8 heteroatoms. The highest BCUT2D eigenvalue weighted by Crippen LogP contribution is 2.25. The Balaban J connectivity index is 1.57. The van der Waals surface area contributed by atoms with Crippen molar-refractivity contribution in [2.75, 3.05) is 18.9 Å². The van der Waals surface area contributed by atoms with Crippen molar-refractivity contribution in [2.45, 2.75) is 23.8 Å². The Labute approximate surface area is 193 Å². The fourth-order valence-electron chi connectivity index (χ4n) is 3.58. The maximum absolute atomic E-state index is 13.2. The fourth-order valence-corrected chi connectivity index (χ4v) is 4.72. The molecule has 0 spiro atoms. The van der Waals surface area contributed by atoms with Crippen LogP contribution < -0.4 is 10.1 Å². The second kappa shape index (κ2) is 9.87. The molecular weight excluding hydrogens is 438 g/mol. The van der Waals surface area contributed by atoms with Gasteiger partial charge in [-0.1, -0.05) is 54.6 Å². The van der Waals surface area contributed by atoms with E-state index in [1.54, 1.807) is 24.3 Å². The minimum atomic E-state index is -3.89. The first kappa shape index (κ1) is 22.5. The number of carbonyl (C=O) groups excluding carboxylic acids is 1. The number of benzene rings is 3. The monoisotopic (exact) mass is 463 g/mol. The van der Waals surface area contributed by atoms with Crippen molar-refractivity contribution >= 4 is 27.5 Å². The summed E-state index contributed by atoms with van der Waals surface area (Å²) in [6.45, 7) is 0.784. The van der Waals surface area contributed by atoms with Gasteiger partial charge in [0.15, 0.2) is 0 Å². The summed E-state index contributed by atoms with van der Waals surface area (Å²) in [7, 11) is -2.06. The molecule has 1 aliphatic heterocycles. The lowest BCUT2D eigenvalue weighted by Gasteiger charge is -2.19. The van der Waals surface area contributed by atoms with Crippen molar-refractivity contribution in [2.24, 2.45) is 4.40 Å². The van der Waals surface area contributed by atoms with Crippen LogP contribution in [0.3, 0.4) is 0 Å². The third kappa shape index (κ3) is 5.59. The van der Waals surface area contributed by atoms with Gasteiger partial charge in [-0.3, -0.25) is 4.79 Å². The van der Waals surface area contributed by atoms with Crippen LogP contribution in [0.1, 0.15) is 24.5 Å². The largest absolute Gasteiger partial charge is 0.476 e. The molecule has 1 heterocycles. The molecule has 170 valence electrons. The van der Waals surface area contributed by atoms with E-state index in [1.165, 1.54) is 12.1 Å². The Bertz CT molecular complexity index is 1240. The van der Waals surface area contributed by atoms with Crippen LogP contribution in [0.2, 0.25) is 0 Å². The molecule has 1 saturated heterocycles. The number of hydrogen-bond donors (Lipinski definition) is 1. The zero-order chi connectivity index (χ0) is 23.3. The normalized spacial score (nSPS) is 15.9. The molecular formula is C25H25N3O4S. The summed E-state index contributed by atoms with van der Waals surface area (Å²) in [6, 6.07) is 24.3.